The van der Waals surface area contributed by atoms with Crippen LogP contribution in [0, 0.1) is 5.92 Å². The molecular formula is C15H28N4O2S. The summed E-state index contributed by atoms with van der Waals surface area (Å²) in [4.78, 5) is 0. The number of aryl methyl sites for hydroxylation is 1. The second-order valence-electron chi connectivity index (χ2n) is 6.41. The minimum absolute atomic E-state index is 0.309. The van der Waals surface area contributed by atoms with Crippen LogP contribution in [-0.4, -0.2) is 46.9 Å². The minimum atomic E-state index is -3.13. The van der Waals surface area contributed by atoms with Gasteiger partial charge in [0.1, 0.15) is 0 Å². The van der Waals surface area contributed by atoms with E-state index in [0.29, 0.717) is 25.0 Å². The highest BCUT2D eigenvalue weighted by Crippen LogP contribution is 2.22. The Morgan fingerprint density at radius 3 is 2.73 bits per heavy atom. The summed E-state index contributed by atoms with van der Waals surface area (Å²) in [5.41, 5.74) is 1.17. The van der Waals surface area contributed by atoms with Crippen molar-refractivity contribution in [3.05, 3.63) is 18.0 Å². The second kappa shape index (κ2) is 7.10. The van der Waals surface area contributed by atoms with Gasteiger partial charge in [0, 0.05) is 44.0 Å². The molecule has 1 aromatic heterocycles. The number of sulfonamides is 1. The normalized spacial score (nSPS) is 24.0. The van der Waals surface area contributed by atoms with E-state index in [2.05, 4.69) is 30.5 Å². The first-order valence-electron chi connectivity index (χ1n) is 8.08. The lowest BCUT2D eigenvalue weighted by atomic mass is 9.95. The van der Waals surface area contributed by atoms with Crippen molar-refractivity contribution in [3.8, 4) is 0 Å². The lowest BCUT2D eigenvalue weighted by Gasteiger charge is -2.37. The highest BCUT2D eigenvalue weighted by Gasteiger charge is 2.33. The first-order valence-corrected chi connectivity index (χ1v) is 9.58. The average Bonchev–Trinajstić information content (AvgIpc) is 2.93. The van der Waals surface area contributed by atoms with Gasteiger partial charge in [-0.25, -0.2) is 12.7 Å². The van der Waals surface area contributed by atoms with Crippen LogP contribution in [0.2, 0.25) is 0 Å². The van der Waals surface area contributed by atoms with Crippen LogP contribution < -0.4 is 5.32 Å². The number of nitrogens with one attached hydrogen (secondary N) is 1. The van der Waals surface area contributed by atoms with Crippen molar-refractivity contribution in [1.29, 1.82) is 0 Å². The number of hydrogen-bond acceptors (Lipinski definition) is 4. The molecule has 2 rings (SSSR count). The molecule has 1 N–H and O–H groups in total. The van der Waals surface area contributed by atoms with Crippen molar-refractivity contribution in [2.45, 2.75) is 58.5 Å². The Hall–Kier alpha value is -0.920. The van der Waals surface area contributed by atoms with Gasteiger partial charge in [0.05, 0.1) is 11.4 Å². The van der Waals surface area contributed by atoms with Crippen LogP contribution in [0.1, 0.15) is 39.7 Å². The monoisotopic (exact) mass is 328 g/mol. The van der Waals surface area contributed by atoms with Gasteiger partial charge >= 0.3 is 0 Å². The van der Waals surface area contributed by atoms with Gasteiger partial charge in [0.2, 0.25) is 10.0 Å². The Kier molecular flexibility index (Phi) is 5.63. The van der Waals surface area contributed by atoms with Gasteiger partial charge in [-0.3, -0.25) is 4.68 Å². The topological polar surface area (TPSA) is 67.2 Å². The van der Waals surface area contributed by atoms with Crippen LogP contribution in [0.25, 0.3) is 0 Å². The van der Waals surface area contributed by atoms with Crippen LogP contribution in [0.5, 0.6) is 0 Å². The summed E-state index contributed by atoms with van der Waals surface area (Å²) in [5.74, 6) is 0.309. The zero-order valence-corrected chi connectivity index (χ0v) is 14.8. The molecule has 7 heteroatoms. The minimum Gasteiger partial charge on any atom is -0.309 e. The molecule has 0 radical (unpaired) electrons. The molecule has 1 aromatic rings. The van der Waals surface area contributed by atoms with Gasteiger partial charge in [-0.1, -0.05) is 6.92 Å². The van der Waals surface area contributed by atoms with E-state index in [4.69, 9.17) is 0 Å². The van der Waals surface area contributed by atoms with Crippen molar-refractivity contribution < 1.29 is 8.42 Å². The van der Waals surface area contributed by atoms with Gasteiger partial charge < -0.3 is 5.32 Å². The molecular weight excluding hydrogens is 300 g/mol. The SMILES string of the molecule is CCn1cc(CN[C@@H]2CCN(S(=O)(=O)C(C)C)C[C@@H]2C)cn1. The summed E-state index contributed by atoms with van der Waals surface area (Å²) >= 11 is 0. The summed E-state index contributed by atoms with van der Waals surface area (Å²) < 4.78 is 28.1. The fourth-order valence-corrected chi connectivity index (χ4v) is 4.26. The van der Waals surface area contributed by atoms with Crippen molar-refractivity contribution in [1.82, 2.24) is 19.4 Å². The number of piperidine rings is 1. The quantitative estimate of drug-likeness (QED) is 0.858. The highest BCUT2D eigenvalue weighted by molar-refractivity contribution is 7.89. The maximum Gasteiger partial charge on any atom is 0.216 e. The number of rotatable bonds is 6. The predicted molar refractivity (Wildman–Crippen MR) is 87.9 cm³/mol. The van der Waals surface area contributed by atoms with Crippen molar-refractivity contribution >= 4 is 10.0 Å². The predicted octanol–water partition coefficient (Wildman–Crippen LogP) is 1.44. The molecule has 6 nitrogen and oxygen atoms in total. The molecule has 0 aliphatic carbocycles. The Bertz CT molecular complexity index is 582. The summed E-state index contributed by atoms with van der Waals surface area (Å²) in [7, 11) is -3.13. The van der Waals surface area contributed by atoms with Gasteiger partial charge in [0.15, 0.2) is 0 Å². The Morgan fingerprint density at radius 2 is 2.18 bits per heavy atom. The largest absolute Gasteiger partial charge is 0.309 e. The number of hydrogen-bond donors (Lipinski definition) is 1. The fourth-order valence-electron chi connectivity index (χ4n) is 2.86. The molecule has 0 aromatic carbocycles. The van der Waals surface area contributed by atoms with Crippen molar-refractivity contribution in [2.24, 2.45) is 5.92 Å². The third-order valence-electron chi connectivity index (χ3n) is 4.40. The smallest absolute Gasteiger partial charge is 0.216 e. The summed E-state index contributed by atoms with van der Waals surface area (Å²) in [6, 6.07) is 0.351. The van der Waals surface area contributed by atoms with Gasteiger partial charge in [-0.15, -0.1) is 0 Å². The zero-order valence-electron chi connectivity index (χ0n) is 14.0. The molecule has 1 aliphatic heterocycles. The summed E-state index contributed by atoms with van der Waals surface area (Å²) in [6.45, 7) is 10.6. The Balaban J connectivity index is 1.88. The van der Waals surface area contributed by atoms with E-state index in [1.807, 2.05) is 10.9 Å². The maximum atomic E-state index is 12.2. The highest BCUT2D eigenvalue weighted by atomic mass is 32.2. The van der Waals surface area contributed by atoms with Gasteiger partial charge in [-0.2, -0.15) is 5.10 Å². The molecule has 2 atom stereocenters. The van der Waals surface area contributed by atoms with Crippen LogP contribution in [0.15, 0.2) is 12.4 Å². The summed E-state index contributed by atoms with van der Waals surface area (Å²) in [5, 5.41) is 7.48. The molecule has 22 heavy (non-hydrogen) atoms. The lowest BCUT2D eigenvalue weighted by molar-refractivity contribution is 0.218. The first kappa shape index (κ1) is 17.4. The average molecular weight is 328 g/mol. The van der Waals surface area contributed by atoms with E-state index in [1.165, 1.54) is 5.56 Å². The zero-order chi connectivity index (χ0) is 16.3. The van der Waals surface area contributed by atoms with E-state index in [9.17, 15) is 8.42 Å². The number of nitrogens with zero attached hydrogens (tertiary/aromatic N) is 3. The van der Waals surface area contributed by atoms with Crippen LogP contribution >= 0.6 is 0 Å². The van der Waals surface area contributed by atoms with Crippen molar-refractivity contribution in [3.63, 3.8) is 0 Å². The van der Waals surface area contributed by atoms with Crippen LogP contribution in [0.3, 0.4) is 0 Å². The third-order valence-corrected chi connectivity index (χ3v) is 6.65. The van der Waals surface area contributed by atoms with Crippen molar-refractivity contribution in [2.75, 3.05) is 13.1 Å². The molecule has 0 spiro atoms. The molecule has 2 heterocycles. The molecule has 0 bridgehead atoms. The third kappa shape index (κ3) is 3.88. The molecule has 126 valence electrons. The maximum absolute atomic E-state index is 12.2. The first-order chi connectivity index (χ1) is 10.3. The molecule has 0 unspecified atom stereocenters. The Labute approximate surface area is 133 Å². The lowest BCUT2D eigenvalue weighted by Crippen LogP contribution is -2.51. The molecule has 0 amide bonds. The second-order valence-corrected chi connectivity index (χ2v) is 8.90. The molecule has 1 aliphatic rings. The van der Waals surface area contributed by atoms with Gasteiger partial charge in [-0.05, 0) is 33.1 Å². The molecule has 1 saturated heterocycles. The van der Waals surface area contributed by atoms with E-state index in [-0.39, 0.29) is 5.25 Å². The van der Waals surface area contributed by atoms with E-state index < -0.39 is 10.0 Å². The van der Waals surface area contributed by atoms with E-state index in [1.54, 1.807) is 18.2 Å². The standard InChI is InChI=1S/C15H28N4O2S/c1-5-18-11-14(9-17-18)8-16-15-6-7-19(10-13(15)4)22(20,21)12(2)3/h9,11-13,15-16H,5-8,10H2,1-4H3/t13-,15+/m0/s1. The van der Waals surface area contributed by atoms with Crippen LogP contribution in [0.4, 0.5) is 0 Å². The number of aromatic nitrogens is 2. The van der Waals surface area contributed by atoms with E-state index in [0.717, 1.165) is 19.5 Å². The fraction of sp³-hybridized carbons (Fsp3) is 0.800. The summed E-state index contributed by atoms with van der Waals surface area (Å²) in [6.07, 6.45) is 4.80. The molecule has 0 saturated carbocycles. The van der Waals surface area contributed by atoms with Crippen LogP contribution in [-0.2, 0) is 23.1 Å². The molecule has 1 fully saturated rings. The Morgan fingerprint density at radius 1 is 1.45 bits per heavy atom. The van der Waals surface area contributed by atoms with Gasteiger partial charge in [0.25, 0.3) is 0 Å². The van der Waals surface area contributed by atoms with E-state index >= 15 is 0 Å².